The van der Waals surface area contributed by atoms with E-state index in [1.165, 1.54) is 0 Å². The van der Waals surface area contributed by atoms with Crippen LogP contribution in [-0.4, -0.2) is 13.4 Å². The van der Waals surface area contributed by atoms with E-state index in [0.29, 0.717) is 5.56 Å². The minimum Gasteiger partial charge on any atom is -0.372 e. The molecule has 0 aliphatic heterocycles. The van der Waals surface area contributed by atoms with E-state index in [9.17, 15) is 4.79 Å². The molecule has 0 amide bonds. The summed E-state index contributed by atoms with van der Waals surface area (Å²) in [6.45, 7) is 0. The van der Waals surface area contributed by atoms with E-state index in [0.717, 1.165) is 17.4 Å². The molecule has 17 heavy (non-hydrogen) atoms. The molecule has 0 bridgehead atoms. The lowest BCUT2D eigenvalue weighted by Gasteiger charge is -2.17. The van der Waals surface area contributed by atoms with Crippen LogP contribution in [0.3, 0.4) is 0 Å². The van der Waals surface area contributed by atoms with Gasteiger partial charge in [-0.1, -0.05) is 54.6 Å². The van der Waals surface area contributed by atoms with Crippen LogP contribution in [0.1, 0.15) is 27.6 Å². The van der Waals surface area contributed by atoms with Crippen LogP contribution >= 0.6 is 0 Å². The third kappa shape index (κ3) is 2.43. The van der Waals surface area contributed by atoms with Crippen LogP contribution in [0.4, 0.5) is 0 Å². The Morgan fingerprint density at radius 3 is 2.29 bits per heavy atom. The fraction of sp³-hybridized carbons (Fsp3) is 0.133. The maximum Gasteiger partial charge on any atom is 0.150 e. The second kappa shape index (κ2) is 5.41. The predicted octanol–water partition coefficient (Wildman–Crippen LogP) is 3.23. The third-order valence-electron chi connectivity index (χ3n) is 2.74. The highest BCUT2D eigenvalue weighted by Gasteiger charge is 2.15. The summed E-state index contributed by atoms with van der Waals surface area (Å²) in [5.41, 5.74) is 2.61. The van der Waals surface area contributed by atoms with Crippen molar-refractivity contribution < 1.29 is 9.53 Å². The molecule has 0 aliphatic rings. The zero-order chi connectivity index (χ0) is 12.1. The zero-order valence-electron chi connectivity index (χ0n) is 9.67. The molecule has 2 heteroatoms. The summed E-state index contributed by atoms with van der Waals surface area (Å²) in [5, 5.41) is 0. The molecule has 2 aromatic carbocycles. The second-order valence-corrected chi connectivity index (χ2v) is 3.77. The minimum atomic E-state index is -0.197. The topological polar surface area (TPSA) is 26.3 Å². The zero-order valence-corrected chi connectivity index (χ0v) is 9.67. The molecule has 2 aromatic rings. The van der Waals surface area contributed by atoms with Gasteiger partial charge in [0.05, 0.1) is 0 Å². The van der Waals surface area contributed by atoms with Gasteiger partial charge in [-0.25, -0.2) is 0 Å². The van der Waals surface area contributed by atoms with Crippen molar-refractivity contribution in [2.75, 3.05) is 7.11 Å². The van der Waals surface area contributed by atoms with Gasteiger partial charge in [-0.05, 0) is 11.1 Å². The number of ether oxygens (including phenoxy) is 1. The maximum absolute atomic E-state index is 11.0. The first-order valence-corrected chi connectivity index (χ1v) is 5.48. The van der Waals surface area contributed by atoms with E-state index in [-0.39, 0.29) is 6.10 Å². The van der Waals surface area contributed by atoms with E-state index in [1.54, 1.807) is 13.2 Å². The van der Waals surface area contributed by atoms with Crippen molar-refractivity contribution in [1.29, 1.82) is 0 Å². The maximum atomic E-state index is 11.0. The Bertz CT molecular complexity index is 491. The van der Waals surface area contributed by atoms with E-state index >= 15 is 0 Å². The summed E-state index contributed by atoms with van der Waals surface area (Å²) >= 11 is 0. The van der Waals surface area contributed by atoms with Crippen LogP contribution < -0.4 is 0 Å². The molecule has 0 fully saturated rings. The number of carbonyl (C=O) groups is 1. The molecule has 1 unspecified atom stereocenters. The summed E-state index contributed by atoms with van der Waals surface area (Å²) in [6, 6.07) is 17.4. The number of rotatable bonds is 4. The smallest absolute Gasteiger partial charge is 0.150 e. The number of carbonyl (C=O) groups excluding carboxylic acids is 1. The Labute approximate surface area is 101 Å². The Balaban J connectivity index is 2.46. The average molecular weight is 226 g/mol. The summed E-state index contributed by atoms with van der Waals surface area (Å²) < 4.78 is 5.51. The molecule has 2 nitrogen and oxygen atoms in total. The summed E-state index contributed by atoms with van der Waals surface area (Å²) in [4.78, 5) is 11.0. The van der Waals surface area contributed by atoms with Crippen molar-refractivity contribution in [3.05, 3.63) is 71.3 Å². The molecule has 86 valence electrons. The van der Waals surface area contributed by atoms with Gasteiger partial charge in [0.1, 0.15) is 12.4 Å². The van der Waals surface area contributed by atoms with Gasteiger partial charge in [-0.2, -0.15) is 0 Å². The molecule has 0 radical (unpaired) electrons. The van der Waals surface area contributed by atoms with E-state index in [2.05, 4.69) is 0 Å². The predicted molar refractivity (Wildman–Crippen MR) is 67.1 cm³/mol. The van der Waals surface area contributed by atoms with Gasteiger partial charge in [-0.3, -0.25) is 4.79 Å². The van der Waals surface area contributed by atoms with Gasteiger partial charge in [0, 0.05) is 12.7 Å². The molecule has 0 saturated carbocycles. The van der Waals surface area contributed by atoms with Gasteiger partial charge in [0.15, 0.2) is 0 Å². The molecule has 0 saturated heterocycles. The lowest BCUT2D eigenvalue weighted by Crippen LogP contribution is -2.06. The largest absolute Gasteiger partial charge is 0.372 e. The number of aldehydes is 1. The molecule has 2 rings (SSSR count). The van der Waals surface area contributed by atoms with Crippen molar-refractivity contribution in [1.82, 2.24) is 0 Å². The Hall–Kier alpha value is -1.93. The molecule has 0 N–H and O–H groups in total. The highest BCUT2D eigenvalue weighted by Crippen LogP contribution is 2.27. The van der Waals surface area contributed by atoms with Crippen molar-refractivity contribution in [3.8, 4) is 0 Å². The lowest BCUT2D eigenvalue weighted by molar-refractivity contribution is 0.110. The highest BCUT2D eigenvalue weighted by molar-refractivity contribution is 5.77. The fourth-order valence-corrected chi connectivity index (χ4v) is 1.93. The molecular weight excluding hydrogens is 212 g/mol. The molecule has 0 aliphatic carbocycles. The van der Waals surface area contributed by atoms with Gasteiger partial charge in [-0.15, -0.1) is 0 Å². The van der Waals surface area contributed by atoms with Crippen molar-refractivity contribution in [2.24, 2.45) is 0 Å². The van der Waals surface area contributed by atoms with Crippen LogP contribution in [0.5, 0.6) is 0 Å². The average Bonchev–Trinajstić information content (AvgIpc) is 2.41. The second-order valence-electron chi connectivity index (χ2n) is 3.77. The summed E-state index contributed by atoms with van der Waals surface area (Å²) in [7, 11) is 1.65. The highest BCUT2D eigenvalue weighted by atomic mass is 16.5. The molecule has 0 aromatic heterocycles. The SMILES string of the molecule is COC(c1ccccc1)c1ccccc1C=O. The number of hydrogen-bond donors (Lipinski definition) is 0. The first kappa shape index (κ1) is 11.6. The third-order valence-corrected chi connectivity index (χ3v) is 2.74. The molecule has 0 spiro atoms. The summed E-state index contributed by atoms with van der Waals surface area (Å²) in [5.74, 6) is 0. The van der Waals surface area contributed by atoms with Gasteiger partial charge >= 0.3 is 0 Å². The van der Waals surface area contributed by atoms with Crippen LogP contribution in [0.15, 0.2) is 54.6 Å². The fourth-order valence-electron chi connectivity index (χ4n) is 1.93. The Morgan fingerprint density at radius 1 is 1.00 bits per heavy atom. The standard InChI is InChI=1S/C15H14O2/c1-17-15(12-7-3-2-4-8-12)14-10-6-5-9-13(14)11-16/h2-11,15H,1H3. The minimum absolute atomic E-state index is 0.197. The van der Waals surface area contributed by atoms with Gasteiger partial charge in [0.25, 0.3) is 0 Å². The van der Waals surface area contributed by atoms with Crippen LogP contribution in [0, 0.1) is 0 Å². The van der Waals surface area contributed by atoms with E-state index < -0.39 is 0 Å². The van der Waals surface area contributed by atoms with Crippen molar-refractivity contribution >= 4 is 6.29 Å². The van der Waals surface area contributed by atoms with Crippen LogP contribution in [0.25, 0.3) is 0 Å². The van der Waals surface area contributed by atoms with Crippen LogP contribution in [-0.2, 0) is 4.74 Å². The molecular formula is C15H14O2. The number of methoxy groups -OCH3 is 1. The molecule has 1 atom stereocenters. The first-order valence-electron chi connectivity index (χ1n) is 5.48. The van der Waals surface area contributed by atoms with Gasteiger partial charge in [0.2, 0.25) is 0 Å². The Kier molecular flexibility index (Phi) is 3.68. The van der Waals surface area contributed by atoms with Crippen LogP contribution in [0.2, 0.25) is 0 Å². The Morgan fingerprint density at radius 2 is 1.65 bits per heavy atom. The number of hydrogen-bond acceptors (Lipinski definition) is 2. The van der Waals surface area contributed by atoms with E-state index in [1.807, 2.05) is 48.5 Å². The normalized spacial score (nSPS) is 12.1. The van der Waals surface area contributed by atoms with Crippen molar-refractivity contribution in [3.63, 3.8) is 0 Å². The number of benzene rings is 2. The molecule has 0 heterocycles. The van der Waals surface area contributed by atoms with E-state index in [4.69, 9.17) is 4.74 Å². The first-order chi connectivity index (χ1) is 8.36. The lowest BCUT2D eigenvalue weighted by atomic mass is 9.97. The van der Waals surface area contributed by atoms with Crippen molar-refractivity contribution in [2.45, 2.75) is 6.10 Å². The summed E-state index contributed by atoms with van der Waals surface area (Å²) in [6.07, 6.45) is 0.669. The monoisotopic (exact) mass is 226 g/mol. The quantitative estimate of drug-likeness (QED) is 0.748. The van der Waals surface area contributed by atoms with Gasteiger partial charge < -0.3 is 4.74 Å².